The van der Waals surface area contributed by atoms with Gasteiger partial charge in [-0.3, -0.25) is 0 Å². The Labute approximate surface area is 394 Å². The van der Waals surface area contributed by atoms with Crippen molar-refractivity contribution < 1.29 is 4.42 Å². The quantitative estimate of drug-likeness (QED) is 0.155. The first-order valence-corrected chi connectivity index (χ1v) is 23.6. The summed E-state index contributed by atoms with van der Waals surface area (Å²) in [7, 11) is 0. The number of anilines is 3. The minimum Gasteiger partial charge on any atom is -0.456 e. The van der Waals surface area contributed by atoms with Gasteiger partial charge in [0.1, 0.15) is 11.2 Å². The number of rotatable bonds is 6. The van der Waals surface area contributed by atoms with Crippen LogP contribution < -0.4 is 4.90 Å². The van der Waals surface area contributed by atoms with Crippen molar-refractivity contribution >= 4 is 82.4 Å². The molecule has 1 aliphatic carbocycles. The summed E-state index contributed by atoms with van der Waals surface area (Å²) >= 11 is 0. The Hall–Kier alpha value is -8.66. The minimum absolute atomic E-state index is 0.159. The highest BCUT2D eigenvalue weighted by molar-refractivity contribution is 6.28. The predicted molar refractivity (Wildman–Crippen MR) is 286 cm³/mol. The number of benzene rings is 11. The van der Waals surface area contributed by atoms with Crippen LogP contribution in [0, 0.1) is 0 Å². The second kappa shape index (κ2) is 14.7. The molecule has 0 saturated carbocycles. The fourth-order valence-electron chi connectivity index (χ4n) is 11.6. The van der Waals surface area contributed by atoms with Crippen molar-refractivity contribution in [3.63, 3.8) is 0 Å². The zero-order valence-corrected chi connectivity index (χ0v) is 37.7. The predicted octanol–water partition coefficient (Wildman–Crippen LogP) is 18.1. The molecule has 0 spiro atoms. The van der Waals surface area contributed by atoms with Crippen molar-refractivity contribution in [2.24, 2.45) is 0 Å². The van der Waals surface area contributed by atoms with Gasteiger partial charge in [0.2, 0.25) is 0 Å². The summed E-state index contributed by atoms with van der Waals surface area (Å²) in [6.07, 6.45) is 0. The standard InChI is InChI=1S/C65H44N2O/c1-65(2)55-27-15-13-24-50(55)51-35-33-47(39-56(51)65)66(45-31-29-42(30-32-45)41-17-5-3-6-18-41)46-34-36-57-54(38-46)63-59(67(57)58-37-44-21-9-10-22-48(44)49-23-11-12-25-52(49)58)40-61-64(53-26-14-16-28-60(53)68-61)62(63)43-19-7-4-8-20-43/h3-40H,1-2H3. The highest BCUT2D eigenvalue weighted by Crippen LogP contribution is 2.52. The second-order valence-electron chi connectivity index (χ2n) is 18.8. The molecule has 0 atom stereocenters. The van der Waals surface area contributed by atoms with Crippen molar-refractivity contribution in [3.8, 4) is 39.1 Å². The summed E-state index contributed by atoms with van der Waals surface area (Å²) in [4.78, 5) is 2.45. The molecule has 320 valence electrons. The first-order valence-electron chi connectivity index (χ1n) is 23.6. The maximum atomic E-state index is 6.84. The second-order valence-corrected chi connectivity index (χ2v) is 18.8. The van der Waals surface area contributed by atoms with Gasteiger partial charge < -0.3 is 13.9 Å². The molecule has 0 fully saturated rings. The highest BCUT2D eigenvalue weighted by Gasteiger charge is 2.36. The van der Waals surface area contributed by atoms with Crippen LogP contribution in [0.4, 0.5) is 17.1 Å². The SMILES string of the molecule is CC1(C)c2ccccc2-c2ccc(N(c3ccc(-c4ccccc4)cc3)c3ccc4c(c3)c3c(-c5ccccc5)c5c(cc3n4-c3cc4ccccc4c4ccccc34)oc3ccccc35)cc21. The van der Waals surface area contributed by atoms with E-state index in [1.165, 1.54) is 71.3 Å². The van der Waals surface area contributed by atoms with E-state index in [-0.39, 0.29) is 5.41 Å². The van der Waals surface area contributed by atoms with Crippen LogP contribution in [-0.2, 0) is 5.41 Å². The van der Waals surface area contributed by atoms with Crippen LogP contribution in [0.15, 0.2) is 235 Å². The summed E-state index contributed by atoms with van der Waals surface area (Å²) in [6, 6.07) is 84.5. The largest absolute Gasteiger partial charge is 0.456 e. The topological polar surface area (TPSA) is 21.3 Å². The van der Waals surface area contributed by atoms with E-state index in [0.717, 1.165) is 61.3 Å². The Morgan fingerprint density at radius 1 is 0.382 bits per heavy atom. The molecule has 0 N–H and O–H groups in total. The Bertz CT molecular complexity index is 4160. The van der Waals surface area contributed by atoms with E-state index in [0.29, 0.717) is 0 Å². The summed E-state index contributed by atoms with van der Waals surface area (Å²) in [5.41, 5.74) is 18.3. The molecule has 3 heteroatoms. The van der Waals surface area contributed by atoms with Gasteiger partial charge in [0.15, 0.2) is 0 Å². The van der Waals surface area contributed by atoms with Gasteiger partial charge in [-0.1, -0.05) is 184 Å². The smallest absolute Gasteiger partial charge is 0.138 e. The fourth-order valence-corrected chi connectivity index (χ4v) is 11.6. The molecule has 2 aromatic heterocycles. The molecule has 0 saturated heterocycles. The van der Waals surface area contributed by atoms with Gasteiger partial charge in [-0.25, -0.2) is 0 Å². The number of para-hydroxylation sites is 1. The van der Waals surface area contributed by atoms with Gasteiger partial charge in [0.05, 0.1) is 16.7 Å². The molecule has 68 heavy (non-hydrogen) atoms. The number of furan rings is 1. The third kappa shape index (κ3) is 5.66. The molecule has 0 bridgehead atoms. The van der Waals surface area contributed by atoms with Crippen molar-refractivity contribution in [1.29, 1.82) is 0 Å². The van der Waals surface area contributed by atoms with E-state index in [1.807, 2.05) is 0 Å². The van der Waals surface area contributed by atoms with E-state index in [9.17, 15) is 0 Å². The van der Waals surface area contributed by atoms with Crippen LogP contribution >= 0.6 is 0 Å². The normalized spacial score (nSPS) is 13.0. The number of hydrogen-bond acceptors (Lipinski definition) is 2. The van der Waals surface area contributed by atoms with E-state index in [2.05, 4.69) is 254 Å². The van der Waals surface area contributed by atoms with Crippen molar-refractivity contribution in [3.05, 3.63) is 242 Å². The average Bonchev–Trinajstić information content (AvgIpc) is 4.00. The Morgan fingerprint density at radius 2 is 0.985 bits per heavy atom. The molecule has 14 rings (SSSR count). The average molecular weight is 869 g/mol. The van der Waals surface area contributed by atoms with E-state index in [1.54, 1.807) is 0 Å². The molecule has 1 aliphatic rings. The Balaban J connectivity index is 1.10. The number of hydrogen-bond donors (Lipinski definition) is 0. The Morgan fingerprint density at radius 3 is 1.79 bits per heavy atom. The maximum absolute atomic E-state index is 6.84. The van der Waals surface area contributed by atoms with Crippen LogP contribution in [0.25, 0.3) is 104 Å². The third-order valence-electron chi connectivity index (χ3n) is 14.7. The molecule has 2 heterocycles. The zero-order valence-electron chi connectivity index (χ0n) is 37.7. The van der Waals surface area contributed by atoms with Gasteiger partial charge in [0.25, 0.3) is 0 Å². The van der Waals surface area contributed by atoms with Crippen LogP contribution in [0.5, 0.6) is 0 Å². The summed E-state index contributed by atoms with van der Waals surface area (Å²) in [6.45, 7) is 4.73. The fraction of sp³-hybridized carbons (Fsp3) is 0.0462. The lowest BCUT2D eigenvalue weighted by molar-refractivity contribution is 0.660. The van der Waals surface area contributed by atoms with Gasteiger partial charge in [-0.15, -0.1) is 0 Å². The summed E-state index contributed by atoms with van der Waals surface area (Å²) in [5.74, 6) is 0. The molecule has 11 aromatic carbocycles. The molecule has 0 unspecified atom stereocenters. The summed E-state index contributed by atoms with van der Waals surface area (Å²) < 4.78 is 9.34. The molecule has 3 nitrogen and oxygen atoms in total. The Kier molecular flexibility index (Phi) is 8.33. The lowest BCUT2D eigenvalue weighted by Gasteiger charge is -2.28. The van der Waals surface area contributed by atoms with E-state index in [4.69, 9.17) is 4.42 Å². The lowest BCUT2D eigenvalue weighted by atomic mass is 9.82. The third-order valence-corrected chi connectivity index (χ3v) is 14.7. The molecular formula is C65H44N2O. The first-order chi connectivity index (χ1) is 33.5. The van der Waals surface area contributed by atoms with Crippen LogP contribution in [-0.4, -0.2) is 4.57 Å². The molecule has 0 amide bonds. The number of aromatic nitrogens is 1. The van der Waals surface area contributed by atoms with Crippen molar-refractivity contribution in [1.82, 2.24) is 4.57 Å². The molecule has 13 aromatic rings. The summed E-state index contributed by atoms with van der Waals surface area (Å²) in [5, 5.41) is 9.46. The van der Waals surface area contributed by atoms with Crippen LogP contribution in [0.1, 0.15) is 25.0 Å². The zero-order chi connectivity index (χ0) is 45.1. The number of nitrogens with zero attached hydrogens (tertiary/aromatic N) is 2. The minimum atomic E-state index is -0.159. The van der Waals surface area contributed by atoms with Crippen molar-refractivity contribution in [2.45, 2.75) is 19.3 Å². The van der Waals surface area contributed by atoms with E-state index >= 15 is 0 Å². The molecule has 0 radical (unpaired) electrons. The van der Waals surface area contributed by atoms with Crippen LogP contribution in [0.2, 0.25) is 0 Å². The molecular weight excluding hydrogens is 825 g/mol. The van der Waals surface area contributed by atoms with Gasteiger partial charge >= 0.3 is 0 Å². The molecule has 0 aliphatic heterocycles. The number of fused-ring (bicyclic) bond motifs is 12. The van der Waals surface area contributed by atoms with Crippen molar-refractivity contribution in [2.75, 3.05) is 4.90 Å². The monoisotopic (exact) mass is 868 g/mol. The van der Waals surface area contributed by atoms with Gasteiger partial charge in [0, 0.05) is 61.0 Å². The van der Waals surface area contributed by atoms with Crippen LogP contribution in [0.3, 0.4) is 0 Å². The van der Waals surface area contributed by atoms with E-state index < -0.39 is 0 Å². The maximum Gasteiger partial charge on any atom is 0.138 e. The van der Waals surface area contributed by atoms with Gasteiger partial charge in [-0.05, 0) is 110 Å². The van der Waals surface area contributed by atoms with Gasteiger partial charge in [-0.2, -0.15) is 0 Å². The first kappa shape index (κ1) is 38.6. The highest BCUT2D eigenvalue weighted by atomic mass is 16.3. The lowest BCUT2D eigenvalue weighted by Crippen LogP contribution is -2.16.